The Kier molecular flexibility index (Phi) is 2.93. The van der Waals surface area contributed by atoms with Crippen molar-refractivity contribution in [1.29, 1.82) is 0 Å². The van der Waals surface area contributed by atoms with Gasteiger partial charge in [0.2, 0.25) is 0 Å². The van der Waals surface area contributed by atoms with Gasteiger partial charge in [-0.15, -0.1) is 0 Å². The minimum atomic E-state index is -0.873. The van der Waals surface area contributed by atoms with Gasteiger partial charge in [-0.2, -0.15) is 0 Å². The zero-order valence-corrected chi connectivity index (χ0v) is 8.24. The maximum atomic E-state index is 11.2. The van der Waals surface area contributed by atoms with E-state index in [2.05, 4.69) is 0 Å². The second-order valence-corrected chi connectivity index (χ2v) is 3.92. The van der Waals surface area contributed by atoms with Crippen molar-refractivity contribution in [3.8, 4) is 0 Å². The molecule has 1 aliphatic heterocycles. The third-order valence-corrected chi connectivity index (χ3v) is 2.22. The molecule has 1 rings (SSSR count). The topological polar surface area (TPSA) is 55.8 Å². The minimum Gasteiger partial charge on any atom is -0.464 e. The van der Waals surface area contributed by atoms with Crippen molar-refractivity contribution in [2.45, 2.75) is 39.6 Å². The van der Waals surface area contributed by atoms with Crippen LogP contribution in [0.15, 0.2) is 0 Å². The van der Waals surface area contributed by atoms with Crippen LogP contribution in [0.25, 0.3) is 0 Å². The lowest BCUT2D eigenvalue weighted by Crippen LogP contribution is -2.23. The molecule has 2 unspecified atom stereocenters. The maximum Gasteiger partial charge on any atom is 0.335 e. The van der Waals surface area contributed by atoms with Gasteiger partial charge in [-0.05, 0) is 13.3 Å². The molecule has 1 aliphatic rings. The van der Waals surface area contributed by atoms with E-state index in [-0.39, 0.29) is 11.4 Å². The molecule has 4 heteroatoms. The maximum absolute atomic E-state index is 11.2. The van der Waals surface area contributed by atoms with Crippen molar-refractivity contribution in [1.82, 2.24) is 0 Å². The lowest BCUT2D eigenvalue weighted by atomic mass is 9.89. The highest BCUT2D eigenvalue weighted by Gasteiger charge is 2.44. The van der Waals surface area contributed by atoms with Crippen LogP contribution in [-0.2, 0) is 14.3 Å². The van der Waals surface area contributed by atoms with Crippen LogP contribution in [0, 0.1) is 5.41 Å². The molecule has 0 spiro atoms. The Morgan fingerprint density at radius 3 is 2.69 bits per heavy atom. The third-order valence-electron chi connectivity index (χ3n) is 2.22. The smallest absolute Gasteiger partial charge is 0.335 e. The predicted molar refractivity (Wildman–Crippen MR) is 45.9 cm³/mol. The SMILES string of the molecule is CCOC(=O)C1CC(C)(C)C(O)O1. The number of hydrogen-bond acceptors (Lipinski definition) is 4. The average Bonchev–Trinajstić information content (AvgIpc) is 2.27. The molecule has 1 fully saturated rings. The van der Waals surface area contributed by atoms with Gasteiger partial charge < -0.3 is 14.6 Å². The van der Waals surface area contributed by atoms with Crippen molar-refractivity contribution in [2.24, 2.45) is 5.41 Å². The van der Waals surface area contributed by atoms with E-state index in [1.807, 2.05) is 13.8 Å². The number of hydrogen-bond donors (Lipinski definition) is 1. The Balaban J connectivity index is 2.53. The Labute approximate surface area is 77.8 Å². The summed E-state index contributed by atoms with van der Waals surface area (Å²) >= 11 is 0. The van der Waals surface area contributed by atoms with Crippen LogP contribution in [0.1, 0.15) is 27.2 Å². The van der Waals surface area contributed by atoms with Crippen LogP contribution in [0.5, 0.6) is 0 Å². The van der Waals surface area contributed by atoms with E-state index in [4.69, 9.17) is 9.47 Å². The van der Waals surface area contributed by atoms with E-state index in [1.54, 1.807) is 6.92 Å². The molecule has 0 aromatic rings. The van der Waals surface area contributed by atoms with Crippen LogP contribution < -0.4 is 0 Å². The molecule has 1 heterocycles. The van der Waals surface area contributed by atoms with Gasteiger partial charge in [-0.25, -0.2) is 4.79 Å². The zero-order chi connectivity index (χ0) is 10.1. The number of aliphatic hydroxyl groups excluding tert-OH is 1. The molecule has 0 aliphatic carbocycles. The van der Waals surface area contributed by atoms with Gasteiger partial charge in [0, 0.05) is 5.41 Å². The van der Waals surface area contributed by atoms with Crippen molar-refractivity contribution in [2.75, 3.05) is 6.61 Å². The Hall–Kier alpha value is -0.610. The highest BCUT2D eigenvalue weighted by Crippen LogP contribution is 2.36. The zero-order valence-electron chi connectivity index (χ0n) is 8.24. The molecule has 0 aromatic heterocycles. The summed E-state index contributed by atoms with van der Waals surface area (Å²) in [5.74, 6) is -0.382. The molecule has 0 bridgehead atoms. The van der Waals surface area contributed by atoms with Gasteiger partial charge in [-0.3, -0.25) is 0 Å². The molecule has 4 nitrogen and oxygen atoms in total. The predicted octanol–water partition coefficient (Wildman–Crippen LogP) is 0.683. The summed E-state index contributed by atoms with van der Waals surface area (Å²) in [5, 5.41) is 9.41. The van der Waals surface area contributed by atoms with E-state index in [0.717, 1.165) is 0 Å². The number of rotatable bonds is 2. The van der Waals surface area contributed by atoms with Crippen LogP contribution in [-0.4, -0.2) is 30.1 Å². The second-order valence-electron chi connectivity index (χ2n) is 3.92. The van der Waals surface area contributed by atoms with Crippen LogP contribution in [0.2, 0.25) is 0 Å². The van der Waals surface area contributed by atoms with Crippen molar-refractivity contribution >= 4 is 5.97 Å². The number of carbonyl (C=O) groups is 1. The van der Waals surface area contributed by atoms with Crippen molar-refractivity contribution in [3.05, 3.63) is 0 Å². The standard InChI is InChI=1S/C9H16O4/c1-4-12-7(10)6-5-9(2,3)8(11)13-6/h6,8,11H,4-5H2,1-3H3. The van der Waals surface area contributed by atoms with E-state index >= 15 is 0 Å². The summed E-state index contributed by atoms with van der Waals surface area (Å²) < 4.78 is 9.86. The van der Waals surface area contributed by atoms with Crippen LogP contribution in [0.4, 0.5) is 0 Å². The Morgan fingerprint density at radius 2 is 2.31 bits per heavy atom. The minimum absolute atomic E-state index is 0.342. The molecule has 0 radical (unpaired) electrons. The highest BCUT2D eigenvalue weighted by atomic mass is 16.6. The molecule has 2 atom stereocenters. The van der Waals surface area contributed by atoms with Gasteiger partial charge >= 0.3 is 5.97 Å². The third kappa shape index (κ3) is 2.19. The van der Waals surface area contributed by atoms with E-state index in [0.29, 0.717) is 13.0 Å². The van der Waals surface area contributed by atoms with E-state index < -0.39 is 12.4 Å². The van der Waals surface area contributed by atoms with Gasteiger partial charge in [0.25, 0.3) is 0 Å². The molecular formula is C9H16O4. The summed E-state index contributed by atoms with van der Waals surface area (Å²) in [6, 6.07) is 0. The molecule has 76 valence electrons. The molecule has 0 amide bonds. The van der Waals surface area contributed by atoms with E-state index in [1.165, 1.54) is 0 Å². The van der Waals surface area contributed by atoms with Crippen molar-refractivity contribution in [3.63, 3.8) is 0 Å². The lowest BCUT2D eigenvalue weighted by Gasteiger charge is -2.18. The number of aliphatic hydroxyl groups is 1. The molecule has 0 saturated carbocycles. The van der Waals surface area contributed by atoms with Crippen molar-refractivity contribution < 1.29 is 19.4 Å². The lowest BCUT2D eigenvalue weighted by molar-refractivity contribution is -0.169. The van der Waals surface area contributed by atoms with Gasteiger partial charge in [-0.1, -0.05) is 13.8 Å². The number of ether oxygens (including phenoxy) is 2. The first kappa shape index (κ1) is 10.5. The summed E-state index contributed by atoms with van der Waals surface area (Å²) in [6.45, 7) is 5.80. The fourth-order valence-electron chi connectivity index (χ4n) is 1.34. The summed E-state index contributed by atoms with van der Waals surface area (Å²) in [4.78, 5) is 11.2. The average molecular weight is 188 g/mol. The second kappa shape index (κ2) is 3.64. The van der Waals surface area contributed by atoms with Crippen LogP contribution >= 0.6 is 0 Å². The van der Waals surface area contributed by atoms with Gasteiger partial charge in [0.1, 0.15) is 0 Å². The molecular weight excluding hydrogens is 172 g/mol. The first-order valence-corrected chi connectivity index (χ1v) is 4.47. The monoisotopic (exact) mass is 188 g/mol. The molecule has 1 N–H and O–H groups in total. The van der Waals surface area contributed by atoms with Crippen LogP contribution in [0.3, 0.4) is 0 Å². The Bertz CT molecular complexity index is 200. The molecule has 13 heavy (non-hydrogen) atoms. The molecule has 0 aromatic carbocycles. The summed E-state index contributed by atoms with van der Waals surface area (Å²) in [7, 11) is 0. The first-order chi connectivity index (χ1) is 5.97. The van der Waals surface area contributed by atoms with E-state index in [9.17, 15) is 9.90 Å². The first-order valence-electron chi connectivity index (χ1n) is 4.47. The molecule has 1 saturated heterocycles. The fourth-order valence-corrected chi connectivity index (χ4v) is 1.34. The van der Waals surface area contributed by atoms with Gasteiger partial charge in [0.15, 0.2) is 12.4 Å². The van der Waals surface area contributed by atoms with Gasteiger partial charge in [0.05, 0.1) is 6.61 Å². The number of carbonyl (C=O) groups excluding carboxylic acids is 1. The summed E-state index contributed by atoms with van der Waals surface area (Å²) in [5.41, 5.74) is -0.364. The largest absolute Gasteiger partial charge is 0.464 e. The quantitative estimate of drug-likeness (QED) is 0.647. The summed E-state index contributed by atoms with van der Waals surface area (Å²) in [6.07, 6.45) is -0.973. The highest BCUT2D eigenvalue weighted by molar-refractivity contribution is 5.75. The fraction of sp³-hybridized carbons (Fsp3) is 0.889. The Morgan fingerprint density at radius 1 is 1.69 bits per heavy atom. The number of esters is 1. The normalized spacial score (nSPS) is 31.7.